The molecular formula is C21H21N3O6. The van der Waals surface area contributed by atoms with Gasteiger partial charge >= 0.3 is 12.0 Å². The Labute approximate surface area is 172 Å². The van der Waals surface area contributed by atoms with E-state index in [-0.39, 0.29) is 13.2 Å². The van der Waals surface area contributed by atoms with E-state index in [1.165, 1.54) is 31.4 Å². The number of nitrogens with zero attached hydrogens (tertiary/aromatic N) is 1. The fourth-order valence-electron chi connectivity index (χ4n) is 2.93. The summed E-state index contributed by atoms with van der Waals surface area (Å²) in [5, 5.41) is 5.19. The molecule has 1 aliphatic heterocycles. The van der Waals surface area contributed by atoms with Gasteiger partial charge in [0.05, 0.1) is 25.0 Å². The second-order valence-corrected chi connectivity index (χ2v) is 6.40. The molecule has 1 unspecified atom stereocenters. The van der Waals surface area contributed by atoms with Gasteiger partial charge in [-0.25, -0.2) is 14.5 Å². The van der Waals surface area contributed by atoms with Gasteiger partial charge in [-0.05, 0) is 55.5 Å². The van der Waals surface area contributed by atoms with Gasteiger partial charge in [0.1, 0.15) is 11.7 Å². The largest absolute Gasteiger partial charge is 0.497 e. The number of amides is 4. The number of esters is 1. The molecule has 1 saturated heterocycles. The quantitative estimate of drug-likeness (QED) is 0.556. The first-order chi connectivity index (χ1) is 14.4. The van der Waals surface area contributed by atoms with Gasteiger partial charge in [0.25, 0.3) is 0 Å². The number of hydrogen-bond acceptors (Lipinski definition) is 6. The molecule has 9 nitrogen and oxygen atoms in total. The SMILES string of the molecule is CCOC(=O)c1ccc(NC(=O)C2CNC(=O)N(c3ccc(OC)cc3)C2=O)cc1. The van der Waals surface area contributed by atoms with Crippen molar-refractivity contribution in [3.8, 4) is 5.75 Å². The van der Waals surface area contributed by atoms with Gasteiger partial charge in [-0.2, -0.15) is 0 Å². The molecule has 4 amide bonds. The van der Waals surface area contributed by atoms with Crippen LogP contribution >= 0.6 is 0 Å². The maximum absolute atomic E-state index is 12.8. The van der Waals surface area contributed by atoms with E-state index in [0.717, 1.165) is 4.90 Å². The van der Waals surface area contributed by atoms with Crippen molar-refractivity contribution in [3.63, 3.8) is 0 Å². The Kier molecular flexibility index (Phi) is 6.31. The number of urea groups is 1. The van der Waals surface area contributed by atoms with E-state index in [0.29, 0.717) is 22.7 Å². The van der Waals surface area contributed by atoms with Gasteiger partial charge in [0, 0.05) is 12.2 Å². The molecule has 1 atom stereocenters. The van der Waals surface area contributed by atoms with Crippen LogP contribution in [0.5, 0.6) is 5.75 Å². The van der Waals surface area contributed by atoms with Crippen LogP contribution in [-0.2, 0) is 14.3 Å². The molecule has 156 valence electrons. The van der Waals surface area contributed by atoms with Crippen molar-refractivity contribution in [2.24, 2.45) is 5.92 Å². The highest BCUT2D eigenvalue weighted by molar-refractivity contribution is 6.23. The lowest BCUT2D eigenvalue weighted by atomic mass is 10.0. The van der Waals surface area contributed by atoms with Crippen molar-refractivity contribution in [3.05, 3.63) is 54.1 Å². The molecule has 1 fully saturated rings. The summed E-state index contributed by atoms with van der Waals surface area (Å²) in [5.41, 5.74) is 1.09. The van der Waals surface area contributed by atoms with E-state index in [1.807, 2.05) is 0 Å². The number of carbonyl (C=O) groups excluding carboxylic acids is 4. The first-order valence-electron chi connectivity index (χ1n) is 9.28. The molecule has 0 aromatic heterocycles. The third kappa shape index (κ3) is 4.40. The minimum Gasteiger partial charge on any atom is -0.497 e. The van der Waals surface area contributed by atoms with Crippen LogP contribution in [0.15, 0.2) is 48.5 Å². The van der Waals surface area contributed by atoms with Crippen LogP contribution in [0.4, 0.5) is 16.2 Å². The van der Waals surface area contributed by atoms with Crippen LogP contribution in [0.1, 0.15) is 17.3 Å². The molecule has 30 heavy (non-hydrogen) atoms. The second-order valence-electron chi connectivity index (χ2n) is 6.40. The van der Waals surface area contributed by atoms with Crippen molar-refractivity contribution < 1.29 is 28.7 Å². The standard InChI is InChI=1S/C21H21N3O6/c1-3-30-20(27)13-4-6-14(7-5-13)23-18(25)17-12-22-21(28)24(19(17)26)15-8-10-16(29-2)11-9-15/h4-11,17H,3,12H2,1-2H3,(H,22,28)(H,23,25). The zero-order valence-electron chi connectivity index (χ0n) is 16.5. The molecule has 0 radical (unpaired) electrons. The summed E-state index contributed by atoms with van der Waals surface area (Å²) in [6.07, 6.45) is 0. The summed E-state index contributed by atoms with van der Waals surface area (Å²) in [6.45, 7) is 1.86. The third-order valence-electron chi connectivity index (χ3n) is 4.49. The molecule has 0 aliphatic carbocycles. The molecule has 0 bridgehead atoms. The van der Waals surface area contributed by atoms with E-state index in [2.05, 4.69) is 10.6 Å². The summed E-state index contributed by atoms with van der Waals surface area (Å²) in [7, 11) is 1.51. The molecule has 1 heterocycles. The number of rotatable bonds is 6. The number of ether oxygens (including phenoxy) is 2. The van der Waals surface area contributed by atoms with Gasteiger partial charge in [0.15, 0.2) is 0 Å². The number of hydrogen-bond donors (Lipinski definition) is 2. The Balaban J connectivity index is 1.71. The smallest absolute Gasteiger partial charge is 0.338 e. The molecule has 1 aliphatic rings. The second kappa shape index (κ2) is 9.08. The normalized spacial score (nSPS) is 15.9. The van der Waals surface area contributed by atoms with E-state index < -0.39 is 29.7 Å². The Hall–Kier alpha value is -3.88. The number of methoxy groups -OCH3 is 1. The maximum Gasteiger partial charge on any atom is 0.338 e. The maximum atomic E-state index is 12.8. The average Bonchev–Trinajstić information content (AvgIpc) is 2.75. The van der Waals surface area contributed by atoms with Crippen molar-refractivity contribution in [2.45, 2.75) is 6.92 Å². The van der Waals surface area contributed by atoms with Crippen LogP contribution in [0.2, 0.25) is 0 Å². The lowest BCUT2D eigenvalue weighted by molar-refractivity contribution is -0.130. The van der Waals surface area contributed by atoms with Crippen molar-refractivity contribution in [1.82, 2.24) is 5.32 Å². The van der Waals surface area contributed by atoms with Crippen molar-refractivity contribution >= 4 is 35.2 Å². The first-order valence-corrected chi connectivity index (χ1v) is 9.28. The molecular weight excluding hydrogens is 390 g/mol. The third-order valence-corrected chi connectivity index (χ3v) is 4.49. The monoisotopic (exact) mass is 411 g/mol. The number of nitrogens with one attached hydrogen (secondary N) is 2. The predicted octanol–water partition coefficient (Wildman–Crippen LogP) is 2.18. The number of benzene rings is 2. The zero-order valence-corrected chi connectivity index (χ0v) is 16.5. The first kappa shape index (κ1) is 20.8. The molecule has 2 aromatic rings. The number of imide groups is 1. The Morgan fingerprint density at radius 1 is 1.10 bits per heavy atom. The van der Waals surface area contributed by atoms with Crippen LogP contribution in [0, 0.1) is 5.92 Å². The van der Waals surface area contributed by atoms with E-state index in [4.69, 9.17) is 9.47 Å². The van der Waals surface area contributed by atoms with Crippen molar-refractivity contribution in [2.75, 3.05) is 30.5 Å². The lowest BCUT2D eigenvalue weighted by Gasteiger charge is -2.30. The number of carbonyl (C=O) groups is 4. The highest BCUT2D eigenvalue weighted by Crippen LogP contribution is 2.24. The lowest BCUT2D eigenvalue weighted by Crippen LogP contribution is -2.58. The van der Waals surface area contributed by atoms with E-state index >= 15 is 0 Å². The van der Waals surface area contributed by atoms with E-state index in [9.17, 15) is 19.2 Å². The molecule has 0 spiro atoms. The van der Waals surface area contributed by atoms with E-state index in [1.54, 1.807) is 31.2 Å². The van der Waals surface area contributed by atoms with Gasteiger partial charge in [-0.3, -0.25) is 9.59 Å². The molecule has 2 aromatic carbocycles. The molecule has 3 rings (SSSR count). The average molecular weight is 411 g/mol. The summed E-state index contributed by atoms with van der Waals surface area (Å²) in [6, 6.07) is 11.9. The number of anilines is 2. The van der Waals surface area contributed by atoms with Crippen molar-refractivity contribution in [1.29, 1.82) is 0 Å². The van der Waals surface area contributed by atoms with Gasteiger partial charge < -0.3 is 20.1 Å². The molecule has 9 heteroatoms. The minimum absolute atomic E-state index is 0.114. The van der Waals surface area contributed by atoms with Gasteiger partial charge in [0.2, 0.25) is 11.8 Å². The summed E-state index contributed by atoms with van der Waals surface area (Å²) >= 11 is 0. The predicted molar refractivity (Wildman–Crippen MR) is 108 cm³/mol. The highest BCUT2D eigenvalue weighted by atomic mass is 16.5. The van der Waals surface area contributed by atoms with Crippen LogP contribution in [-0.4, -0.2) is 44.1 Å². The fourth-order valence-corrected chi connectivity index (χ4v) is 2.93. The van der Waals surface area contributed by atoms with Crippen LogP contribution in [0.25, 0.3) is 0 Å². The van der Waals surface area contributed by atoms with Crippen LogP contribution in [0.3, 0.4) is 0 Å². The highest BCUT2D eigenvalue weighted by Gasteiger charge is 2.39. The van der Waals surface area contributed by atoms with Gasteiger partial charge in [-0.15, -0.1) is 0 Å². The minimum atomic E-state index is -1.10. The molecule has 2 N–H and O–H groups in total. The van der Waals surface area contributed by atoms with Crippen LogP contribution < -0.4 is 20.3 Å². The summed E-state index contributed by atoms with van der Waals surface area (Å²) < 4.78 is 9.99. The topological polar surface area (TPSA) is 114 Å². The zero-order chi connectivity index (χ0) is 21.7. The Morgan fingerprint density at radius 2 is 1.77 bits per heavy atom. The Bertz CT molecular complexity index is 956. The Morgan fingerprint density at radius 3 is 2.37 bits per heavy atom. The van der Waals surface area contributed by atoms with Gasteiger partial charge in [-0.1, -0.05) is 0 Å². The summed E-state index contributed by atoms with van der Waals surface area (Å²) in [4.78, 5) is 50.4. The fraction of sp³-hybridized carbons (Fsp3) is 0.238. The molecule has 0 saturated carbocycles. The summed E-state index contributed by atoms with van der Waals surface area (Å²) in [5.74, 6) is -2.19.